The topological polar surface area (TPSA) is 58.1 Å². The quantitative estimate of drug-likeness (QED) is 0.519. The van der Waals surface area contributed by atoms with Crippen LogP contribution in [-0.4, -0.2) is 62.9 Å². The normalized spacial score (nSPS) is 25.4. The Morgan fingerprint density at radius 3 is 2.90 bits per heavy atom. The Hall–Kier alpha value is -1.79. The maximum absolute atomic E-state index is 6.12. The van der Waals surface area contributed by atoms with E-state index in [1.54, 1.807) is 0 Å². The third-order valence-corrected chi connectivity index (χ3v) is 6.28. The molecular formula is C23H36N4O2. The largest absolute Gasteiger partial charge is 0.491 e. The SMILES string of the molecule is CN=C(NCc1ccc(C)cc1OCC1CCCO1)NCC1CCN(C2CC2)C1. The third kappa shape index (κ3) is 5.86. The molecule has 2 heterocycles. The summed E-state index contributed by atoms with van der Waals surface area (Å²) >= 11 is 0. The maximum Gasteiger partial charge on any atom is 0.191 e. The summed E-state index contributed by atoms with van der Waals surface area (Å²) in [6, 6.07) is 7.28. The van der Waals surface area contributed by atoms with Gasteiger partial charge in [-0.05, 0) is 63.1 Å². The predicted octanol–water partition coefficient (Wildman–Crippen LogP) is 2.70. The van der Waals surface area contributed by atoms with Gasteiger partial charge in [0.25, 0.3) is 0 Å². The van der Waals surface area contributed by atoms with E-state index in [1.807, 2.05) is 7.05 Å². The van der Waals surface area contributed by atoms with Crippen LogP contribution in [0.4, 0.5) is 0 Å². The van der Waals surface area contributed by atoms with E-state index in [9.17, 15) is 0 Å². The standard InChI is InChI=1S/C23H36N4O2/c1-17-5-6-19(22(12-17)29-16-21-4-3-11-28-21)14-26-23(24-2)25-13-18-9-10-27(15-18)20-7-8-20/h5-6,12,18,20-21H,3-4,7-11,13-16H2,1-2H3,(H2,24,25,26). The number of guanidine groups is 1. The number of rotatable bonds is 8. The molecule has 2 N–H and O–H groups in total. The van der Waals surface area contributed by atoms with E-state index in [4.69, 9.17) is 9.47 Å². The zero-order chi connectivity index (χ0) is 20.1. The summed E-state index contributed by atoms with van der Waals surface area (Å²) in [5.74, 6) is 2.53. The summed E-state index contributed by atoms with van der Waals surface area (Å²) in [5, 5.41) is 6.98. The Kier molecular flexibility index (Phi) is 6.93. The summed E-state index contributed by atoms with van der Waals surface area (Å²) in [6.45, 7) is 7.76. The molecule has 1 aliphatic carbocycles. The van der Waals surface area contributed by atoms with Crippen molar-refractivity contribution < 1.29 is 9.47 Å². The number of hydrogen-bond acceptors (Lipinski definition) is 4. The van der Waals surface area contributed by atoms with Gasteiger partial charge in [-0.2, -0.15) is 0 Å². The van der Waals surface area contributed by atoms with E-state index in [0.29, 0.717) is 13.2 Å². The van der Waals surface area contributed by atoms with Crippen LogP contribution in [0.25, 0.3) is 0 Å². The molecule has 2 atom stereocenters. The maximum atomic E-state index is 6.12. The number of likely N-dealkylation sites (tertiary alicyclic amines) is 1. The zero-order valence-electron chi connectivity index (χ0n) is 18.0. The first-order chi connectivity index (χ1) is 14.2. The van der Waals surface area contributed by atoms with Crippen molar-refractivity contribution >= 4 is 5.96 Å². The van der Waals surface area contributed by atoms with Gasteiger partial charge in [0.15, 0.2) is 5.96 Å². The average molecular weight is 401 g/mol. The lowest BCUT2D eigenvalue weighted by molar-refractivity contribution is 0.0676. The van der Waals surface area contributed by atoms with Crippen LogP contribution in [-0.2, 0) is 11.3 Å². The van der Waals surface area contributed by atoms with Crippen LogP contribution in [0.5, 0.6) is 5.75 Å². The van der Waals surface area contributed by atoms with Gasteiger partial charge in [-0.3, -0.25) is 4.99 Å². The minimum Gasteiger partial charge on any atom is -0.491 e. The van der Waals surface area contributed by atoms with E-state index in [-0.39, 0.29) is 6.10 Å². The molecule has 160 valence electrons. The number of hydrogen-bond donors (Lipinski definition) is 2. The fourth-order valence-corrected chi connectivity index (χ4v) is 4.34. The summed E-state index contributed by atoms with van der Waals surface area (Å²) in [4.78, 5) is 7.07. The van der Waals surface area contributed by atoms with E-state index >= 15 is 0 Å². The lowest BCUT2D eigenvalue weighted by Crippen LogP contribution is -2.40. The molecule has 1 aromatic rings. The summed E-state index contributed by atoms with van der Waals surface area (Å²) < 4.78 is 11.8. The van der Waals surface area contributed by atoms with Crippen LogP contribution in [0, 0.1) is 12.8 Å². The van der Waals surface area contributed by atoms with Crippen LogP contribution < -0.4 is 15.4 Å². The molecule has 2 aliphatic heterocycles. The van der Waals surface area contributed by atoms with Gasteiger partial charge in [0, 0.05) is 44.9 Å². The lowest BCUT2D eigenvalue weighted by atomic mass is 10.1. The Bertz CT molecular complexity index is 698. The van der Waals surface area contributed by atoms with Gasteiger partial charge >= 0.3 is 0 Å². The molecule has 0 amide bonds. The van der Waals surface area contributed by atoms with E-state index in [2.05, 4.69) is 45.6 Å². The highest BCUT2D eigenvalue weighted by Crippen LogP contribution is 2.31. The number of ether oxygens (including phenoxy) is 2. The second-order valence-electron chi connectivity index (χ2n) is 8.74. The molecule has 0 aromatic heterocycles. The highest BCUT2D eigenvalue weighted by molar-refractivity contribution is 5.79. The van der Waals surface area contributed by atoms with Crippen molar-refractivity contribution in [2.24, 2.45) is 10.9 Å². The first kappa shape index (κ1) is 20.5. The smallest absolute Gasteiger partial charge is 0.191 e. The van der Waals surface area contributed by atoms with Crippen LogP contribution >= 0.6 is 0 Å². The molecule has 3 fully saturated rings. The third-order valence-electron chi connectivity index (χ3n) is 6.28. The molecule has 3 aliphatic rings. The van der Waals surface area contributed by atoms with Gasteiger partial charge in [0.05, 0.1) is 6.10 Å². The van der Waals surface area contributed by atoms with Gasteiger partial charge in [-0.25, -0.2) is 0 Å². The molecule has 2 unspecified atom stereocenters. The monoisotopic (exact) mass is 400 g/mol. The van der Waals surface area contributed by atoms with E-state index < -0.39 is 0 Å². The molecule has 29 heavy (non-hydrogen) atoms. The fraction of sp³-hybridized carbons (Fsp3) is 0.696. The molecule has 6 nitrogen and oxygen atoms in total. The highest BCUT2D eigenvalue weighted by Gasteiger charge is 2.34. The van der Waals surface area contributed by atoms with Gasteiger partial charge in [0.1, 0.15) is 12.4 Å². The first-order valence-corrected chi connectivity index (χ1v) is 11.2. The number of aryl methyl sites for hydroxylation is 1. The highest BCUT2D eigenvalue weighted by atomic mass is 16.5. The van der Waals surface area contributed by atoms with Crippen molar-refractivity contribution in [3.05, 3.63) is 29.3 Å². The van der Waals surface area contributed by atoms with Crippen LogP contribution in [0.3, 0.4) is 0 Å². The molecule has 6 heteroatoms. The molecule has 4 rings (SSSR count). The van der Waals surface area contributed by atoms with Crippen LogP contribution in [0.2, 0.25) is 0 Å². The van der Waals surface area contributed by atoms with Crippen LogP contribution in [0.1, 0.15) is 43.2 Å². The minimum absolute atomic E-state index is 0.229. The Labute approximate surface area is 175 Å². The van der Waals surface area contributed by atoms with Gasteiger partial charge < -0.3 is 25.0 Å². The lowest BCUT2D eigenvalue weighted by Gasteiger charge is -2.18. The van der Waals surface area contributed by atoms with Crippen molar-refractivity contribution in [1.82, 2.24) is 15.5 Å². The zero-order valence-corrected chi connectivity index (χ0v) is 18.0. The van der Waals surface area contributed by atoms with Crippen molar-refractivity contribution in [2.45, 2.75) is 57.7 Å². The molecule has 2 saturated heterocycles. The molecule has 1 saturated carbocycles. The van der Waals surface area contributed by atoms with Gasteiger partial charge in [0.2, 0.25) is 0 Å². The van der Waals surface area contributed by atoms with Crippen molar-refractivity contribution in [1.29, 1.82) is 0 Å². The van der Waals surface area contributed by atoms with Gasteiger partial charge in [-0.1, -0.05) is 12.1 Å². The number of nitrogens with one attached hydrogen (secondary N) is 2. The van der Waals surface area contributed by atoms with Crippen molar-refractivity contribution in [3.8, 4) is 5.75 Å². The average Bonchev–Trinajstić information content (AvgIpc) is 3.24. The Morgan fingerprint density at radius 2 is 2.14 bits per heavy atom. The number of benzene rings is 1. The van der Waals surface area contributed by atoms with E-state index in [0.717, 1.165) is 55.2 Å². The van der Waals surface area contributed by atoms with Gasteiger partial charge in [-0.15, -0.1) is 0 Å². The minimum atomic E-state index is 0.229. The molecule has 0 spiro atoms. The number of nitrogens with zero attached hydrogens (tertiary/aromatic N) is 2. The molecule has 1 aromatic carbocycles. The second kappa shape index (κ2) is 9.81. The second-order valence-corrected chi connectivity index (χ2v) is 8.74. The summed E-state index contributed by atoms with van der Waals surface area (Å²) in [7, 11) is 1.84. The van der Waals surface area contributed by atoms with E-state index in [1.165, 1.54) is 37.9 Å². The van der Waals surface area contributed by atoms with Crippen molar-refractivity contribution in [3.63, 3.8) is 0 Å². The summed E-state index contributed by atoms with van der Waals surface area (Å²) in [6.07, 6.45) is 6.55. The Balaban J connectivity index is 1.25. The Morgan fingerprint density at radius 1 is 1.24 bits per heavy atom. The first-order valence-electron chi connectivity index (χ1n) is 11.2. The fourth-order valence-electron chi connectivity index (χ4n) is 4.34. The van der Waals surface area contributed by atoms with Crippen molar-refractivity contribution in [2.75, 3.05) is 39.9 Å². The summed E-state index contributed by atoms with van der Waals surface area (Å²) in [5.41, 5.74) is 2.36. The molecule has 0 bridgehead atoms. The number of aliphatic imine (C=N–C) groups is 1. The molecular weight excluding hydrogens is 364 g/mol. The predicted molar refractivity (Wildman–Crippen MR) is 117 cm³/mol. The van der Waals surface area contributed by atoms with Crippen LogP contribution in [0.15, 0.2) is 23.2 Å². The molecule has 0 radical (unpaired) electrons.